The number of halogens is 1. The zero-order chi connectivity index (χ0) is 17.7. The molecule has 1 aromatic carbocycles. The molecule has 0 fully saturated rings. The highest BCUT2D eigenvalue weighted by Gasteiger charge is 2.22. The molecule has 2 aromatic rings. The zero-order valence-corrected chi connectivity index (χ0v) is 16.1. The Labute approximate surface area is 156 Å². The monoisotopic (exact) mass is 382 g/mol. The minimum Gasteiger partial charge on any atom is -0.465 e. The van der Waals surface area contributed by atoms with Crippen molar-refractivity contribution in [2.45, 2.75) is 26.8 Å². The maximum atomic E-state index is 12.1. The van der Waals surface area contributed by atoms with E-state index in [0.717, 1.165) is 22.4 Å². The Morgan fingerprint density at radius 3 is 2.58 bits per heavy atom. The number of nitrogens with one attached hydrogen (secondary N) is 2. The van der Waals surface area contributed by atoms with Gasteiger partial charge in [-0.3, -0.25) is 0 Å². The minimum atomic E-state index is -0.348. The summed E-state index contributed by atoms with van der Waals surface area (Å²) >= 11 is 12.7. The molecular weight excluding hydrogens is 364 g/mol. The topological polar surface area (TPSA) is 50.4 Å². The fourth-order valence-corrected chi connectivity index (χ4v) is 3.84. The lowest BCUT2D eigenvalue weighted by Gasteiger charge is -2.11. The lowest BCUT2D eigenvalue weighted by atomic mass is 10.1. The lowest BCUT2D eigenvalue weighted by Crippen LogP contribution is -2.28. The molecule has 0 aliphatic heterocycles. The van der Waals surface area contributed by atoms with E-state index in [1.807, 2.05) is 38.1 Å². The van der Waals surface area contributed by atoms with Crippen LogP contribution >= 0.6 is 35.2 Å². The van der Waals surface area contributed by atoms with Crippen molar-refractivity contribution < 1.29 is 9.53 Å². The summed E-state index contributed by atoms with van der Waals surface area (Å²) in [6, 6.07) is 7.53. The highest BCUT2D eigenvalue weighted by molar-refractivity contribution is 7.80. The van der Waals surface area contributed by atoms with E-state index in [2.05, 4.69) is 10.6 Å². The summed E-state index contributed by atoms with van der Waals surface area (Å²) in [4.78, 5) is 13.2. The molecule has 0 bridgehead atoms. The molecule has 0 saturated carbocycles. The molecule has 0 atom stereocenters. The molecule has 128 valence electrons. The van der Waals surface area contributed by atoms with Crippen molar-refractivity contribution in [3.8, 4) is 0 Å². The number of aryl methyl sites for hydroxylation is 1. The number of methoxy groups -OCH3 is 1. The third kappa shape index (κ3) is 4.47. The summed E-state index contributed by atoms with van der Waals surface area (Å²) in [5, 5.41) is 8.11. The van der Waals surface area contributed by atoms with Gasteiger partial charge in [0, 0.05) is 16.4 Å². The van der Waals surface area contributed by atoms with Gasteiger partial charge in [0.2, 0.25) is 0 Å². The van der Waals surface area contributed by atoms with Crippen LogP contribution in [-0.4, -0.2) is 18.2 Å². The number of thiophene rings is 1. The number of hydrogen-bond acceptors (Lipinski definition) is 4. The van der Waals surface area contributed by atoms with Crippen LogP contribution in [0.1, 0.15) is 33.3 Å². The molecule has 0 saturated heterocycles. The van der Waals surface area contributed by atoms with E-state index in [-0.39, 0.29) is 5.97 Å². The Hall–Kier alpha value is -1.63. The fraction of sp³-hybridized carbons (Fsp3) is 0.294. The van der Waals surface area contributed by atoms with Crippen LogP contribution in [0, 0.1) is 6.92 Å². The van der Waals surface area contributed by atoms with E-state index in [4.69, 9.17) is 28.6 Å². The number of carbonyl (C=O) groups is 1. The molecule has 2 rings (SSSR count). The number of ether oxygens (including phenoxy) is 1. The summed E-state index contributed by atoms with van der Waals surface area (Å²) in [5.74, 6) is -0.348. The first kappa shape index (κ1) is 18.7. The molecule has 0 aliphatic carbocycles. The quantitative estimate of drug-likeness (QED) is 0.587. The number of benzene rings is 1. The molecule has 0 spiro atoms. The molecule has 1 heterocycles. The first-order valence-electron chi connectivity index (χ1n) is 7.46. The Balaban J connectivity index is 2.08. The van der Waals surface area contributed by atoms with E-state index in [1.54, 1.807) is 0 Å². The summed E-state index contributed by atoms with van der Waals surface area (Å²) in [6.45, 7) is 4.58. The van der Waals surface area contributed by atoms with Gasteiger partial charge in [0.25, 0.3) is 0 Å². The van der Waals surface area contributed by atoms with Gasteiger partial charge in [-0.1, -0.05) is 30.7 Å². The maximum absolute atomic E-state index is 12.1. The maximum Gasteiger partial charge on any atom is 0.341 e. The highest BCUT2D eigenvalue weighted by Crippen LogP contribution is 2.33. The van der Waals surface area contributed by atoms with Crippen LogP contribution in [0.3, 0.4) is 0 Å². The van der Waals surface area contributed by atoms with E-state index in [0.29, 0.717) is 27.2 Å². The van der Waals surface area contributed by atoms with Crippen molar-refractivity contribution in [1.82, 2.24) is 5.32 Å². The van der Waals surface area contributed by atoms with Crippen molar-refractivity contribution in [2.75, 3.05) is 12.4 Å². The smallest absolute Gasteiger partial charge is 0.341 e. The summed E-state index contributed by atoms with van der Waals surface area (Å²) in [7, 11) is 1.38. The van der Waals surface area contributed by atoms with Crippen molar-refractivity contribution in [1.29, 1.82) is 0 Å². The molecule has 0 aliphatic rings. The molecule has 1 aromatic heterocycles. The average molecular weight is 383 g/mol. The van der Waals surface area contributed by atoms with Gasteiger partial charge in [-0.25, -0.2) is 4.79 Å². The number of thiocarbonyl (C=S) groups is 1. The standard InChI is InChI=1S/C17H19ClN2O2S2/c1-4-13-10(2)24-15(14(13)16(21)22-3)20-17(23)19-9-11-5-7-12(18)8-6-11/h5-8H,4,9H2,1-3H3,(H2,19,20,23). The fourth-order valence-electron chi connectivity index (χ4n) is 2.34. The molecular formula is C17H19ClN2O2S2. The zero-order valence-electron chi connectivity index (χ0n) is 13.7. The van der Waals surface area contributed by atoms with Gasteiger partial charge in [-0.15, -0.1) is 11.3 Å². The van der Waals surface area contributed by atoms with E-state index < -0.39 is 0 Å². The molecule has 7 heteroatoms. The molecule has 2 N–H and O–H groups in total. The average Bonchev–Trinajstić information content (AvgIpc) is 2.88. The van der Waals surface area contributed by atoms with Crippen LogP contribution in [0.15, 0.2) is 24.3 Å². The van der Waals surface area contributed by atoms with Gasteiger partial charge < -0.3 is 15.4 Å². The molecule has 24 heavy (non-hydrogen) atoms. The van der Waals surface area contributed by atoms with Crippen molar-refractivity contribution >= 4 is 51.2 Å². The normalized spacial score (nSPS) is 10.3. The van der Waals surface area contributed by atoms with E-state index in [1.165, 1.54) is 18.4 Å². The summed E-state index contributed by atoms with van der Waals surface area (Å²) in [6.07, 6.45) is 0.763. The largest absolute Gasteiger partial charge is 0.465 e. The van der Waals surface area contributed by atoms with Crippen LogP contribution in [-0.2, 0) is 17.7 Å². The highest BCUT2D eigenvalue weighted by atomic mass is 35.5. The first-order chi connectivity index (χ1) is 11.5. The second kappa shape index (κ2) is 8.46. The molecule has 0 unspecified atom stereocenters. The molecule has 4 nitrogen and oxygen atoms in total. The van der Waals surface area contributed by atoms with E-state index >= 15 is 0 Å². The van der Waals surface area contributed by atoms with Gasteiger partial charge in [0.15, 0.2) is 5.11 Å². The van der Waals surface area contributed by atoms with Crippen LogP contribution in [0.4, 0.5) is 5.00 Å². The van der Waals surface area contributed by atoms with Crippen LogP contribution in [0.2, 0.25) is 5.02 Å². The van der Waals surface area contributed by atoms with Crippen LogP contribution < -0.4 is 10.6 Å². The lowest BCUT2D eigenvalue weighted by molar-refractivity contribution is 0.0601. The predicted octanol–water partition coefficient (Wildman–Crippen LogP) is 4.55. The molecule has 0 amide bonds. The third-order valence-electron chi connectivity index (χ3n) is 3.55. The Morgan fingerprint density at radius 2 is 2.00 bits per heavy atom. The van der Waals surface area contributed by atoms with E-state index in [9.17, 15) is 4.79 Å². The van der Waals surface area contributed by atoms with Gasteiger partial charge >= 0.3 is 5.97 Å². The second-order valence-electron chi connectivity index (χ2n) is 5.12. The number of anilines is 1. The van der Waals surface area contributed by atoms with Crippen molar-refractivity contribution in [3.05, 3.63) is 50.9 Å². The molecule has 0 radical (unpaired) electrons. The number of esters is 1. The van der Waals surface area contributed by atoms with Crippen molar-refractivity contribution in [2.24, 2.45) is 0 Å². The summed E-state index contributed by atoms with van der Waals surface area (Å²) in [5.41, 5.74) is 2.63. The van der Waals surface area contributed by atoms with Gasteiger partial charge in [-0.2, -0.15) is 0 Å². The predicted molar refractivity (Wildman–Crippen MR) is 104 cm³/mol. The third-order valence-corrected chi connectivity index (χ3v) is 5.11. The Morgan fingerprint density at radius 1 is 1.33 bits per heavy atom. The van der Waals surface area contributed by atoms with Gasteiger partial charge in [0.05, 0.1) is 12.7 Å². The van der Waals surface area contributed by atoms with Crippen molar-refractivity contribution in [3.63, 3.8) is 0 Å². The SMILES string of the molecule is CCc1c(C)sc(NC(=S)NCc2ccc(Cl)cc2)c1C(=O)OC. The second-order valence-corrected chi connectivity index (χ2v) is 7.19. The van der Waals surface area contributed by atoms with Gasteiger partial charge in [0.1, 0.15) is 5.00 Å². The number of rotatable bonds is 5. The van der Waals surface area contributed by atoms with Gasteiger partial charge in [-0.05, 0) is 48.8 Å². The summed E-state index contributed by atoms with van der Waals surface area (Å²) < 4.78 is 4.91. The minimum absolute atomic E-state index is 0.348. The number of hydrogen-bond donors (Lipinski definition) is 2. The number of carbonyl (C=O) groups excluding carboxylic acids is 1. The van der Waals surface area contributed by atoms with Crippen LogP contribution in [0.5, 0.6) is 0 Å². The Bertz CT molecular complexity index is 742. The van der Waals surface area contributed by atoms with Crippen LogP contribution in [0.25, 0.3) is 0 Å². The first-order valence-corrected chi connectivity index (χ1v) is 9.06. The Kier molecular flexibility index (Phi) is 6.60.